The van der Waals surface area contributed by atoms with Gasteiger partial charge in [0.25, 0.3) is 5.91 Å². The molecule has 20 heavy (non-hydrogen) atoms. The van der Waals surface area contributed by atoms with Crippen LogP contribution in [0.1, 0.15) is 30.3 Å². The minimum Gasteiger partial charge on any atom is -0.369 e. The first-order valence-corrected chi connectivity index (χ1v) is 7.15. The van der Waals surface area contributed by atoms with E-state index in [1.54, 1.807) is 12.1 Å². The molecule has 0 aliphatic carbocycles. The van der Waals surface area contributed by atoms with Crippen molar-refractivity contribution in [2.75, 3.05) is 39.0 Å². The Bertz CT molecular complexity index is 445. The quantitative estimate of drug-likeness (QED) is 0.892. The van der Waals surface area contributed by atoms with E-state index in [1.165, 1.54) is 0 Å². The average molecular weight is 277 g/mol. The number of likely N-dealkylation sites (N-methyl/N-ethyl adjacent to an activating group) is 1. The van der Waals surface area contributed by atoms with Gasteiger partial charge in [-0.15, -0.1) is 10.2 Å². The second-order valence-corrected chi connectivity index (χ2v) is 5.34. The Labute approximate surface area is 120 Å². The van der Waals surface area contributed by atoms with E-state index in [1.807, 2.05) is 11.8 Å². The summed E-state index contributed by atoms with van der Waals surface area (Å²) in [5.74, 6) is 0.681. The first-order valence-electron chi connectivity index (χ1n) is 7.15. The summed E-state index contributed by atoms with van der Waals surface area (Å²) < 4.78 is 0. The van der Waals surface area contributed by atoms with E-state index in [-0.39, 0.29) is 5.91 Å². The summed E-state index contributed by atoms with van der Waals surface area (Å²) in [7, 11) is 4.12. The van der Waals surface area contributed by atoms with E-state index in [0.717, 1.165) is 32.5 Å². The second-order valence-electron chi connectivity index (χ2n) is 5.34. The van der Waals surface area contributed by atoms with Crippen molar-refractivity contribution in [2.24, 2.45) is 0 Å². The summed E-state index contributed by atoms with van der Waals surface area (Å²) in [6.07, 6.45) is 2.18. The normalized spacial score (nSPS) is 19.2. The maximum Gasteiger partial charge on any atom is 0.274 e. The number of carbonyl (C=O) groups is 1. The molecule has 0 aromatic carbocycles. The molecule has 2 heterocycles. The van der Waals surface area contributed by atoms with Gasteiger partial charge in [-0.25, -0.2) is 0 Å². The molecule has 6 heteroatoms. The van der Waals surface area contributed by atoms with Crippen LogP contribution in [0.4, 0.5) is 5.82 Å². The molecule has 1 unspecified atom stereocenters. The minimum atomic E-state index is -0.0212. The highest BCUT2D eigenvalue weighted by atomic mass is 16.2. The number of piperidine rings is 1. The average Bonchev–Trinajstić information content (AvgIpc) is 2.48. The number of carbonyl (C=O) groups excluding carboxylic acids is 1. The molecule has 1 fully saturated rings. The Morgan fingerprint density at radius 2 is 2.25 bits per heavy atom. The van der Waals surface area contributed by atoms with Crippen LogP contribution in [0.15, 0.2) is 12.1 Å². The lowest BCUT2D eigenvalue weighted by Gasteiger charge is -2.35. The molecule has 0 radical (unpaired) electrons. The highest BCUT2D eigenvalue weighted by Crippen LogP contribution is 2.16. The molecule has 1 amide bonds. The van der Waals surface area contributed by atoms with Gasteiger partial charge in [-0.3, -0.25) is 4.79 Å². The zero-order valence-electron chi connectivity index (χ0n) is 12.5. The van der Waals surface area contributed by atoms with Crippen LogP contribution >= 0.6 is 0 Å². The lowest BCUT2D eigenvalue weighted by Crippen LogP contribution is -2.47. The molecule has 1 aliphatic rings. The standard InChI is InChI=1S/C14H23N5O/c1-4-15-13-8-7-12(16-17-13)14(20)19-9-5-6-11(10-19)18(2)3/h7-8,11H,4-6,9-10H2,1-3H3,(H,15,17). The molecule has 1 saturated heterocycles. The maximum atomic E-state index is 12.4. The minimum absolute atomic E-state index is 0.0212. The van der Waals surface area contributed by atoms with Gasteiger partial charge in [0.15, 0.2) is 5.69 Å². The van der Waals surface area contributed by atoms with E-state index >= 15 is 0 Å². The third-order valence-corrected chi connectivity index (χ3v) is 3.66. The first-order chi connectivity index (χ1) is 9.61. The molecule has 1 atom stereocenters. The van der Waals surface area contributed by atoms with Crippen molar-refractivity contribution in [3.05, 3.63) is 17.8 Å². The Morgan fingerprint density at radius 3 is 2.85 bits per heavy atom. The van der Waals surface area contributed by atoms with Crippen LogP contribution in [0.2, 0.25) is 0 Å². The number of amides is 1. The molecule has 0 saturated carbocycles. The lowest BCUT2D eigenvalue weighted by atomic mass is 10.0. The molecule has 6 nitrogen and oxygen atoms in total. The fraction of sp³-hybridized carbons (Fsp3) is 0.643. The maximum absolute atomic E-state index is 12.4. The SMILES string of the molecule is CCNc1ccc(C(=O)N2CCCC(N(C)C)C2)nn1. The van der Waals surface area contributed by atoms with Crippen LogP contribution in [-0.4, -0.2) is 65.7 Å². The summed E-state index contributed by atoms with van der Waals surface area (Å²) in [6.45, 7) is 4.36. The number of hydrogen-bond donors (Lipinski definition) is 1. The molecular formula is C14H23N5O. The number of rotatable bonds is 4. The highest BCUT2D eigenvalue weighted by molar-refractivity contribution is 5.92. The van der Waals surface area contributed by atoms with Crippen LogP contribution in [0.3, 0.4) is 0 Å². The predicted octanol–water partition coefficient (Wildman–Crippen LogP) is 1.07. The summed E-state index contributed by atoms with van der Waals surface area (Å²) in [5.41, 5.74) is 0.422. The number of anilines is 1. The molecule has 1 aromatic rings. The fourth-order valence-electron chi connectivity index (χ4n) is 2.44. The summed E-state index contributed by atoms with van der Waals surface area (Å²) >= 11 is 0. The van der Waals surface area contributed by atoms with Crippen molar-refractivity contribution in [2.45, 2.75) is 25.8 Å². The summed E-state index contributed by atoms with van der Waals surface area (Å²) in [4.78, 5) is 16.5. The third kappa shape index (κ3) is 3.45. The van der Waals surface area contributed by atoms with Gasteiger partial charge in [-0.1, -0.05) is 0 Å². The molecule has 0 spiro atoms. The van der Waals surface area contributed by atoms with Gasteiger partial charge in [0, 0.05) is 25.7 Å². The van der Waals surface area contributed by atoms with E-state index in [2.05, 4.69) is 34.5 Å². The van der Waals surface area contributed by atoms with Crippen molar-refractivity contribution >= 4 is 11.7 Å². The third-order valence-electron chi connectivity index (χ3n) is 3.66. The second kappa shape index (κ2) is 6.65. The number of nitrogens with one attached hydrogen (secondary N) is 1. The summed E-state index contributed by atoms with van der Waals surface area (Å²) in [5, 5.41) is 11.1. The Hall–Kier alpha value is -1.69. The van der Waals surface area contributed by atoms with E-state index < -0.39 is 0 Å². The van der Waals surface area contributed by atoms with Crippen molar-refractivity contribution in [3.63, 3.8) is 0 Å². The smallest absolute Gasteiger partial charge is 0.274 e. The van der Waals surface area contributed by atoms with Gasteiger partial charge >= 0.3 is 0 Å². The Kier molecular flexibility index (Phi) is 4.89. The molecule has 0 bridgehead atoms. The molecule has 110 valence electrons. The number of likely N-dealkylation sites (tertiary alicyclic amines) is 1. The summed E-state index contributed by atoms with van der Waals surface area (Å²) in [6, 6.07) is 3.98. The van der Waals surface area contributed by atoms with Gasteiger partial charge in [-0.2, -0.15) is 0 Å². The number of nitrogens with zero attached hydrogens (tertiary/aromatic N) is 4. The van der Waals surface area contributed by atoms with Crippen molar-refractivity contribution < 1.29 is 4.79 Å². The Morgan fingerprint density at radius 1 is 1.45 bits per heavy atom. The topological polar surface area (TPSA) is 61.4 Å². The molecule has 2 rings (SSSR count). The Balaban J connectivity index is 2.02. The van der Waals surface area contributed by atoms with Gasteiger partial charge in [-0.05, 0) is 46.0 Å². The molecule has 1 N–H and O–H groups in total. The van der Waals surface area contributed by atoms with E-state index in [0.29, 0.717) is 17.6 Å². The van der Waals surface area contributed by atoms with Crippen LogP contribution in [-0.2, 0) is 0 Å². The monoisotopic (exact) mass is 277 g/mol. The number of aromatic nitrogens is 2. The van der Waals surface area contributed by atoms with Crippen molar-refractivity contribution in [1.82, 2.24) is 20.0 Å². The van der Waals surface area contributed by atoms with E-state index in [9.17, 15) is 4.79 Å². The van der Waals surface area contributed by atoms with Gasteiger partial charge < -0.3 is 15.1 Å². The highest BCUT2D eigenvalue weighted by Gasteiger charge is 2.26. The zero-order valence-corrected chi connectivity index (χ0v) is 12.5. The largest absolute Gasteiger partial charge is 0.369 e. The van der Waals surface area contributed by atoms with Crippen LogP contribution in [0.25, 0.3) is 0 Å². The van der Waals surface area contributed by atoms with Gasteiger partial charge in [0.1, 0.15) is 5.82 Å². The fourth-order valence-corrected chi connectivity index (χ4v) is 2.44. The zero-order chi connectivity index (χ0) is 14.5. The molecular weight excluding hydrogens is 254 g/mol. The van der Waals surface area contributed by atoms with E-state index in [4.69, 9.17) is 0 Å². The van der Waals surface area contributed by atoms with Crippen LogP contribution in [0.5, 0.6) is 0 Å². The van der Waals surface area contributed by atoms with Gasteiger partial charge in [0.05, 0.1) is 0 Å². The molecule has 1 aliphatic heterocycles. The van der Waals surface area contributed by atoms with Crippen molar-refractivity contribution in [3.8, 4) is 0 Å². The molecule has 1 aromatic heterocycles. The number of hydrogen-bond acceptors (Lipinski definition) is 5. The van der Waals surface area contributed by atoms with Crippen LogP contribution in [0, 0.1) is 0 Å². The lowest BCUT2D eigenvalue weighted by molar-refractivity contribution is 0.0628. The first kappa shape index (κ1) is 14.7. The predicted molar refractivity (Wildman–Crippen MR) is 78.8 cm³/mol. The van der Waals surface area contributed by atoms with Crippen molar-refractivity contribution in [1.29, 1.82) is 0 Å². The van der Waals surface area contributed by atoms with Crippen LogP contribution < -0.4 is 5.32 Å². The van der Waals surface area contributed by atoms with Gasteiger partial charge in [0.2, 0.25) is 0 Å².